The number of nitrogens with zero attached hydrogens (tertiary/aromatic N) is 5. The number of piperidine rings is 1. The molecule has 2 fully saturated rings. The van der Waals surface area contributed by atoms with Crippen LogP contribution in [0.1, 0.15) is 31.2 Å². The predicted molar refractivity (Wildman–Crippen MR) is 134 cm³/mol. The molecule has 3 aliphatic heterocycles. The van der Waals surface area contributed by atoms with Crippen LogP contribution in [0, 0.1) is 5.92 Å². The van der Waals surface area contributed by atoms with E-state index in [1.165, 1.54) is 31.0 Å². The van der Waals surface area contributed by atoms with E-state index in [1.807, 2.05) is 11.1 Å². The lowest BCUT2D eigenvalue weighted by atomic mass is 9.95. The first-order chi connectivity index (χ1) is 16.2. The summed E-state index contributed by atoms with van der Waals surface area (Å²) in [5, 5.41) is 3.41. The number of aromatic nitrogens is 2. The first-order valence-electron chi connectivity index (χ1n) is 12.0. The molecule has 1 aromatic carbocycles. The van der Waals surface area contributed by atoms with Gasteiger partial charge in [0.2, 0.25) is 11.9 Å². The third-order valence-corrected chi connectivity index (χ3v) is 6.79. The van der Waals surface area contributed by atoms with E-state index in [0.717, 1.165) is 62.8 Å². The summed E-state index contributed by atoms with van der Waals surface area (Å²) in [5.74, 6) is 2.17. The summed E-state index contributed by atoms with van der Waals surface area (Å²) in [5.41, 5.74) is 3.31. The number of likely N-dealkylation sites (tertiary alicyclic amines) is 1. The lowest BCUT2D eigenvalue weighted by molar-refractivity contribution is -0.132. The number of fused-ring (bicyclic) bond motifs is 1. The topological polar surface area (TPSA) is 64.6 Å². The smallest absolute Gasteiger partial charge is 0.245 e. The Labute approximate surface area is 195 Å². The summed E-state index contributed by atoms with van der Waals surface area (Å²) in [6, 6.07) is 8.54. The number of hydrogen-bond donors (Lipinski definition) is 1. The van der Waals surface area contributed by atoms with E-state index in [4.69, 9.17) is 4.98 Å². The van der Waals surface area contributed by atoms with Crippen LogP contribution in [0.2, 0.25) is 0 Å². The Kier molecular flexibility index (Phi) is 6.28. The van der Waals surface area contributed by atoms with Gasteiger partial charge in [-0.1, -0.05) is 24.8 Å². The molecule has 1 amide bonds. The average Bonchev–Trinajstić information content (AvgIpc) is 2.83. The Morgan fingerprint density at radius 1 is 1.21 bits per heavy atom. The zero-order chi connectivity index (χ0) is 22.6. The van der Waals surface area contributed by atoms with Gasteiger partial charge in [0.15, 0.2) is 0 Å². The van der Waals surface area contributed by atoms with Gasteiger partial charge in [-0.25, -0.2) is 4.98 Å². The van der Waals surface area contributed by atoms with Crippen molar-refractivity contribution in [2.75, 3.05) is 54.4 Å². The summed E-state index contributed by atoms with van der Waals surface area (Å²) in [7, 11) is 0. The molecule has 0 spiro atoms. The summed E-state index contributed by atoms with van der Waals surface area (Å²) in [4.78, 5) is 27.7. The molecule has 1 N–H and O–H groups in total. The molecule has 33 heavy (non-hydrogen) atoms. The van der Waals surface area contributed by atoms with E-state index in [2.05, 4.69) is 63.1 Å². The van der Waals surface area contributed by atoms with Gasteiger partial charge in [-0.2, -0.15) is 4.98 Å². The van der Waals surface area contributed by atoms with E-state index < -0.39 is 0 Å². The maximum atomic E-state index is 11.7. The number of anilines is 4. The van der Waals surface area contributed by atoms with Gasteiger partial charge in [0, 0.05) is 62.4 Å². The Morgan fingerprint density at radius 2 is 2.06 bits per heavy atom. The quantitative estimate of drug-likeness (QED) is 0.650. The minimum Gasteiger partial charge on any atom is -0.371 e. The highest BCUT2D eigenvalue weighted by Gasteiger charge is 2.29. The molecule has 5 rings (SSSR count). The van der Waals surface area contributed by atoms with Crippen LogP contribution in [-0.2, 0) is 4.79 Å². The van der Waals surface area contributed by atoms with E-state index >= 15 is 0 Å². The van der Waals surface area contributed by atoms with Crippen molar-refractivity contribution in [2.45, 2.75) is 25.7 Å². The van der Waals surface area contributed by atoms with Gasteiger partial charge in [-0.3, -0.25) is 4.79 Å². The van der Waals surface area contributed by atoms with Crippen LogP contribution in [0.15, 0.2) is 49.2 Å². The van der Waals surface area contributed by atoms with E-state index in [-0.39, 0.29) is 5.91 Å². The largest absolute Gasteiger partial charge is 0.371 e. The molecule has 0 unspecified atom stereocenters. The first-order valence-corrected chi connectivity index (χ1v) is 12.0. The first kappa shape index (κ1) is 21.5. The van der Waals surface area contributed by atoms with Crippen LogP contribution in [0.4, 0.5) is 23.1 Å². The third kappa shape index (κ3) is 4.87. The van der Waals surface area contributed by atoms with Gasteiger partial charge >= 0.3 is 0 Å². The molecule has 0 aliphatic carbocycles. The molecule has 7 nitrogen and oxygen atoms in total. The zero-order valence-corrected chi connectivity index (χ0v) is 19.1. The lowest BCUT2D eigenvalue weighted by Crippen LogP contribution is -2.50. The molecule has 0 saturated carbocycles. The summed E-state index contributed by atoms with van der Waals surface area (Å²) < 4.78 is 0. The van der Waals surface area contributed by atoms with E-state index in [9.17, 15) is 4.79 Å². The molecule has 0 bridgehead atoms. The minimum absolute atomic E-state index is 0.0327. The van der Waals surface area contributed by atoms with Gasteiger partial charge < -0.3 is 20.0 Å². The average molecular weight is 445 g/mol. The number of benzene rings is 1. The van der Waals surface area contributed by atoms with Gasteiger partial charge in [0.1, 0.15) is 5.82 Å². The second-order valence-corrected chi connectivity index (χ2v) is 9.15. The van der Waals surface area contributed by atoms with Crippen molar-refractivity contribution in [3.8, 4) is 0 Å². The Morgan fingerprint density at radius 3 is 2.88 bits per heavy atom. The van der Waals surface area contributed by atoms with Gasteiger partial charge in [-0.05, 0) is 55.9 Å². The van der Waals surface area contributed by atoms with Crippen molar-refractivity contribution < 1.29 is 4.79 Å². The normalized spacial score (nSPS) is 18.0. The molecule has 2 aromatic rings. The van der Waals surface area contributed by atoms with Crippen molar-refractivity contribution >= 4 is 35.1 Å². The lowest BCUT2D eigenvalue weighted by Gasteiger charge is -2.40. The summed E-state index contributed by atoms with van der Waals surface area (Å²) >= 11 is 0. The van der Waals surface area contributed by atoms with Crippen molar-refractivity contribution in [3.05, 3.63) is 54.8 Å². The van der Waals surface area contributed by atoms with Crippen molar-refractivity contribution in [3.63, 3.8) is 0 Å². The number of nitrogens with one attached hydrogen (secondary N) is 1. The fraction of sp³-hybridized carbons (Fsp3) is 0.423. The van der Waals surface area contributed by atoms with Gasteiger partial charge in [0.25, 0.3) is 0 Å². The van der Waals surface area contributed by atoms with Crippen LogP contribution >= 0.6 is 0 Å². The van der Waals surface area contributed by atoms with E-state index in [0.29, 0.717) is 11.9 Å². The molecular weight excluding hydrogens is 412 g/mol. The third-order valence-electron chi connectivity index (χ3n) is 6.79. The number of rotatable bonds is 7. The highest BCUT2D eigenvalue weighted by Crippen LogP contribution is 2.29. The molecule has 7 heteroatoms. The molecule has 172 valence electrons. The van der Waals surface area contributed by atoms with Crippen LogP contribution in [0.5, 0.6) is 0 Å². The summed E-state index contributed by atoms with van der Waals surface area (Å²) in [6.07, 6.45) is 12.4. The molecule has 3 aliphatic rings. The second-order valence-electron chi connectivity index (χ2n) is 9.15. The Balaban J connectivity index is 1.24. The monoisotopic (exact) mass is 444 g/mol. The molecule has 0 atom stereocenters. The van der Waals surface area contributed by atoms with Crippen LogP contribution in [0.3, 0.4) is 0 Å². The highest BCUT2D eigenvalue weighted by atomic mass is 16.2. The van der Waals surface area contributed by atoms with Gasteiger partial charge in [-0.15, -0.1) is 0 Å². The minimum atomic E-state index is 0.0327. The fourth-order valence-electron chi connectivity index (χ4n) is 4.87. The fourth-order valence-corrected chi connectivity index (χ4v) is 4.87. The van der Waals surface area contributed by atoms with Gasteiger partial charge in [0.05, 0.1) is 0 Å². The number of hydrogen-bond acceptors (Lipinski definition) is 6. The van der Waals surface area contributed by atoms with Crippen molar-refractivity contribution in [2.24, 2.45) is 5.92 Å². The second kappa shape index (κ2) is 9.65. The maximum absolute atomic E-state index is 11.7. The standard InChI is InChI=1S/C26H32N6O/c1-2-24(33)32-18-20(19-32)11-15-31-14-7-8-21-17-27-26(29-25(21)31)28-22-9-6-10-23(16-22)30-12-4-3-5-13-30/h2,6-10,16-17,20H,1,3-5,11-15,18-19H2,(H,27,28,29). The molecule has 2 saturated heterocycles. The number of carbonyl (C=O) groups excluding carboxylic acids is 1. The Hall–Kier alpha value is -3.35. The Bertz CT molecular complexity index is 1040. The number of amides is 1. The molecule has 4 heterocycles. The predicted octanol–water partition coefficient (Wildman–Crippen LogP) is 4.08. The summed E-state index contributed by atoms with van der Waals surface area (Å²) in [6.45, 7) is 9.23. The van der Waals surface area contributed by atoms with Crippen LogP contribution < -0.4 is 15.1 Å². The molecule has 0 radical (unpaired) electrons. The highest BCUT2D eigenvalue weighted by molar-refractivity contribution is 5.87. The molecular formula is C26H32N6O. The van der Waals surface area contributed by atoms with Crippen molar-refractivity contribution in [1.29, 1.82) is 0 Å². The van der Waals surface area contributed by atoms with Crippen LogP contribution in [-0.4, -0.2) is 60.0 Å². The molecule has 1 aromatic heterocycles. The zero-order valence-electron chi connectivity index (χ0n) is 19.1. The maximum Gasteiger partial charge on any atom is 0.245 e. The SMILES string of the molecule is C=CC(=O)N1CC(CCN2CC=Cc3cnc(Nc4cccc(N5CCCCC5)c4)nc32)C1. The van der Waals surface area contributed by atoms with E-state index in [1.54, 1.807) is 0 Å². The number of carbonyl (C=O) groups is 1. The van der Waals surface area contributed by atoms with Crippen molar-refractivity contribution in [1.82, 2.24) is 14.9 Å². The van der Waals surface area contributed by atoms with Crippen LogP contribution in [0.25, 0.3) is 6.08 Å².